The molecule has 0 fully saturated rings. The highest BCUT2D eigenvalue weighted by molar-refractivity contribution is 8.00. The minimum atomic E-state index is -2.63. The molecule has 0 heterocycles. The first-order valence-electron chi connectivity index (χ1n) is 5.83. The number of carbonyl (C=O) groups excluding carboxylic acids is 1. The van der Waals surface area contributed by atoms with Gasteiger partial charge in [-0.05, 0) is 23.8 Å². The molecule has 0 rings (SSSR count). The average molecular weight is 306 g/mol. The van der Waals surface area contributed by atoms with Gasteiger partial charge in [0.25, 0.3) is 0 Å². The van der Waals surface area contributed by atoms with E-state index in [1.807, 2.05) is 6.92 Å². The fourth-order valence-electron chi connectivity index (χ4n) is 1.03. The standard InChI is InChI=1S/C11H22N4O4S/c1-6-19-9(12-2)7-10(18-3)13-8-14-11(16)15-20(4,5)17/h7,20H,2,6,8H2,1,3-5H3,(H2,14,15,16,17)/b9-7+,13-10+. The topological polar surface area (TPSA) is 101 Å². The molecule has 0 atom stereocenters. The van der Waals surface area contributed by atoms with Gasteiger partial charge in [-0.3, -0.25) is 8.93 Å². The predicted molar refractivity (Wildman–Crippen MR) is 81.6 cm³/mol. The number of ether oxygens (including phenoxy) is 2. The fraction of sp³-hybridized carbons (Fsp3) is 0.545. The predicted octanol–water partition coefficient (Wildman–Crippen LogP) is 0.0578. The van der Waals surface area contributed by atoms with E-state index in [1.54, 1.807) is 0 Å². The number of nitrogens with one attached hydrogen (secondary N) is 2. The largest absolute Gasteiger partial charge is 0.481 e. The quantitative estimate of drug-likeness (QED) is 0.268. The molecule has 0 aromatic carbocycles. The van der Waals surface area contributed by atoms with E-state index in [0.29, 0.717) is 6.61 Å². The second kappa shape index (κ2) is 9.08. The number of rotatable bonds is 7. The van der Waals surface area contributed by atoms with Crippen LogP contribution in [0.2, 0.25) is 0 Å². The van der Waals surface area contributed by atoms with E-state index in [4.69, 9.17) is 9.47 Å². The highest BCUT2D eigenvalue weighted by Crippen LogP contribution is 1.99. The zero-order chi connectivity index (χ0) is 15.6. The van der Waals surface area contributed by atoms with Crippen LogP contribution < -0.4 is 10.0 Å². The lowest BCUT2D eigenvalue weighted by Crippen LogP contribution is -2.42. The maximum atomic E-state index is 11.4. The summed E-state index contributed by atoms with van der Waals surface area (Å²) in [5.41, 5.74) is 0. The molecule has 0 aromatic rings. The molecule has 8 nitrogen and oxygen atoms in total. The van der Waals surface area contributed by atoms with Crippen molar-refractivity contribution in [1.29, 1.82) is 0 Å². The van der Waals surface area contributed by atoms with E-state index >= 15 is 0 Å². The molecule has 0 aliphatic rings. The summed E-state index contributed by atoms with van der Waals surface area (Å²) in [7, 11) is -1.20. The van der Waals surface area contributed by atoms with Gasteiger partial charge in [0.2, 0.25) is 11.8 Å². The summed E-state index contributed by atoms with van der Waals surface area (Å²) in [5.74, 6) is 0.487. The Kier molecular flexibility index (Phi) is 8.21. The molecule has 0 saturated heterocycles. The van der Waals surface area contributed by atoms with E-state index < -0.39 is 16.1 Å². The third-order valence-corrected chi connectivity index (χ3v) is 2.49. The smallest absolute Gasteiger partial charge is 0.326 e. The van der Waals surface area contributed by atoms with Gasteiger partial charge in [0.15, 0.2) is 0 Å². The van der Waals surface area contributed by atoms with Crippen molar-refractivity contribution in [2.45, 2.75) is 6.92 Å². The zero-order valence-corrected chi connectivity index (χ0v) is 13.1. The zero-order valence-electron chi connectivity index (χ0n) is 12.2. The number of aliphatic imine (C=N–C) groups is 2. The van der Waals surface area contributed by atoms with Gasteiger partial charge in [-0.2, -0.15) is 0 Å². The van der Waals surface area contributed by atoms with Gasteiger partial charge in [-0.15, -0.1) is 0 Å². The lowest BCUT2D eigenvalue weighted by molar-refractivity contribution is 0.227. The van der Waals surface area contributed by atoms with Crippen LogP contribution in [0.1, 0.15) is 6.92 Å². The second-order valence-corrected chi connectivity index (χ2v) is 6.83. The summed E-state index contributed by atoms with van der Waals surface area (Å²) in [6.07, 6.45) is 4.34. The van der Waals surface area contributed by atoms with Gasteiger partial charge >= 0.3 is 6.03 Å². The van der Waals surface area contributed by atoms with E-state index in [1.165, 1.54) is 25.7 Å². The molecule has 20 heavy (non-hydrogen) atoms. The normalized spacial score (nSPS) is 13.4. The Morgan fingerprint density at radius 3 is 2.55 bits per heavy atom. The third kappa shape index (κ3) is 9.09. The number of hydrogen-bond donors (Lipinski definition) is 3. The van der Waals surface area contributed by atoms with Crippen LogP contribution in [-0.2, 0) is 19.6 Å². The van der Waals surface area contributed by atoms with Crippen LogP contribution in [-0.4, -0.2) is 55.8 Å². The first-order valence-corrected chi connectivity index (χ1v) is 8.43. The molecule has 0 spiro atoms. The van der Waals surface area contributed by atoms with Gasteiger partial charge in [0.1, 0.15) is 6.67 Å². The molecule has 0 radical (unpaired) electrons. The first-order chi connectivity index (χ1) is 9.32. The summed E-state index contributed by atoms with van der Waals surface area (Å²) in [4.78, 5) is 19.0. The maximum absolute atomic E-state index is 11.4. The van der Waals surface area contributed by atoms with E-state index in [9.17, 15) is 9.00 Å². The summed E-state index contributed by atoms with van der Waals surface area (Å²) in [6, 6.07) is -0.562. The van der Waals surface area contributed by atoms with Crippen molar-refractivity contribution in [2.75, 3.05) is 32.9 Å². The Bertz CT molecular complexity index is 442. The second-order valence-electron chi connectivity index (χ2n) is 3.90. The van der Waals surface area contributed by atoms with Crippen LogP contribution in [0, 0.1) is 0 Å². The number of methoxy groups -OCH3 is 1. The Balaban J connectivity index is 4.50. The minimum absolute atomic E-state index is 0.0396. The fourth-order valence-corrected chi connectivity index (χ4v) is 1.60. The Morgan fingerprint density at radius 2 is 2.10 bits per heavy atom. The molecule has 9 heteroatoms. The first kappa shape index (κ1) is 18.1. The SMILES string of the molecule is C=N/C(=C\C(=N/CNC(=O)N[SH](C)(C)=O)OC)OCC. The number of nitrogens with zero attached hydrogens (tertiary/aromatic N) is 2. The summed E-state index contributed by atoms with van der Waals surface area (Å²) >= 11 is 0. The van der Waals surface area contributed by atoms with Crippen LogP contribution >= 0.6 is 0 Å². The Labute approximate surface area is 119 Å². The summed E-state index contributed by atoms with van der Waals surface area (Å²) in [6.45, 7) is 5.55. The molecule has 2 amide bonds. The average Bonchev–Trinajstić information content (AvgIpc) is 2.34. The monoisotopic (exact) mass is 306 g/mol. The number of urea groups is 1. The minimum Gasteiger partial charge on any atom is -0.481 e. The molecular formula is C11H22N4O4S. The molecule has 0 aromatic heterocycles. The van der Waals surface area contributed by atoms with Crippen molar-refractivity contribution in [3.63, 3.8) is 0 Å². The van der Waals surface area contributed by atoms with Crippen LogP contribution in [0.4, 0.5) is 4.79 Å². The highest BCUT2D eigenvalue weighted by atomic mass is 32.3. The van der Waals surface area contributed by atoms with E-state index in [2.05, 4.69) is 26.7 Å². The van der Waals surface area contributed by atoms with Crippen molar-refractivity contribution in [3.8, 4) is 0 Å². The molecule has 0 aliphatic carbocycles. The van der Waals surface area contributed by atoms with Crippen LogP contribution in [0.3, 0.4) is 0 Å². The van der Waals surface area contributed by atoms with Gasteiger partial charge in [-0.25, -0.2) is 14.8 Å². The number of hydrogen-bond acceptors (Lipinski definition) is 6. The lowest BCUT2D eigenvalue weighted by atomic mass is 10.5. The molecular weight excluding hydrogens is 284 g/mol. The Hall–Kier alpha value is -1.90. The molecule has 0 aliphatic heterocycles. The number of amides is 2. The van der Waals surface area contributed by atoms with Crippen molar-refractivity contribution >= 4 is 28.8 Å². The molecule has 0 bridgehead atoms. The number of carbonyl (C=O) groups is 1. The summed E-state index contributed by atoms with van der Waals surface area (Å²) < 4.78 is 23.8. The van der Waals surface area contributed by atoms with Gasteiger partial charge in [0.05, 0.1) is 19.8 Å². The van der Waals surface area contributed by atoms with E-state index in [-0.39, 0.29) is 18.4 Å². The van der Waals surface area contributed by atoms with Gasteiger partial charge < -0.3 is 14.8 Å². The highest BCUT2D eigenvalue weighted by Gasteiger charge is 2.05. The van der Waals surface area contributed by atoms with E-state index in [0.717, 1.165) is 0 Å². The molecule has 0 unspecified atom stereocenters. The lowest BCUT2D eigenvalue weighted by Gasteiger charge is -2.14. The van der Waals surface area contributed by atoms with Crippen molar-refractivity contribution in [1.82, 2.24) is 10.0 Å². The van der Waals surface area contributed by atoms with Crippen molar-refractivity contribution < 1.29 is 18.5 Å². The van der Waals surface area contributed by atoms with Crippen LogP contribution in [0.15, 0.2) is 21.9 Å². The van der Waals surface area contributed by atoms with Crippen LogP contribution in [0.25, 0.3) is 0 Å². The number of thiol groups is 1. The van der Waals surface area contributed by atoms with Crippen molar-refractivity contribution in [2.24, 2.45) is 9.98 Å². The van der Waals surface area contributed by atoms with Gasteiger partial charge in [0, 0.05) is 12.5 Å². The van der Waals surface area contributed by atoms with Gasteiger partial charge in [-0.1, -0.05) is 0 Å². The van der Waals surface area contributed by atoms with Crippen molar-refractivity contribution in [3.05, 3.63) is 12.0 Å². The Morgan fingerprint density at radius 1 is 1.45 bits per heavy atom. The molecule has 0 saturated carbocycles. The molecule has 116 valence electrons. The third-order valence-electron chi connectivity index (χ3n) is 1.75. The van der Waals surface area contributed by atoms with Crippen LogP contribution in [0.5, 0.6) is 0 Å². The maximum Gasteiger partial charge on any atom is 0.326 e. The molecule has 2 N–H and O–H groups in total. The summed E-state index contributed by atoms with van der Waals surface area (Å²) in [5, 5.41) is 2.42.